The van der Waals surface area contributed by atoms with Crippen molar-refractivity contribution in [3.63, 3.8) is 0 Å². The van der Waals surface area contributed by atoms with E-state index in [9.17, 15) is 0 Å². The van der Waals surface area contributed by atoms with Crippen LogP contribution in [0.25, 0.3) is 0 Å². The summed E-state index contributed by atoms with van der Waals surface area (Å²) < 4.78 is 5.98. The van der Waals surface area contributed by atoms with E-state index >= 15 is 0 Å². The van der Waals surface area contributed by atoms with Crippen molar-refractivity contribution in [3.8, 4) is 0 Å². The van der Waals surface area contributed by atoms with Crippen LogP contribution in [0.4, 0.5) is 11.5 Å². The fourth-order valence-corrected chi connectivity index (χ4v) is 1.50. The topological polar surface area (TPSA) is 80.4 Å². The molecule has 1 aromatic rings. The third kappa shape index (κ3) is 4.78. The van der Waals surface area contributed by atoms with E-state index in [0.717, 1.165) is 17.4 Å². The van der Waals surface area contributed by atoms with Crippen molar-refractivity contribution in [2.45, 2.75) is 6.42 Å². The second-order valence-corrected chi connectivity index (χ2v) is 4.12. The SMILES string of the molecule is Nc1cc(Br)cnc1NCCCOCCO. The number of anilines is 2. The predicted octanol–water partition coefficient (Wildman–Crippen LogP) is 1.24. The Kier molecular flexibility index (Phi) is 6.14. The molecule has 90 valence electrons. The molecule has 0 aromatic carbocycles. The second-order valence-electron chi connectivity index (χ2n) is 3.21. The zero-order chi connectivity index (χ0) is 11.8. The summed E-state index contributed by atoms with van der Waals surface area (Å²) >= 11 is 3.29. The molecule has 1 heterocycles. The molecule has 1 aromatic heterocycles. The van der Waals surface area contributed by atoms with E-state index in [4.69, 9.17) is 15.6 Å². The molecule has 0 aliphatic rings. The summed E-state index contributed by atoms with van der Waals surface area (Å²) in [5.74, 6) is 0.686. The van der Waals surface area contributed by atoms with Crippen molar-refractivity contribution in [2.75, 3.05) is 37.4 Å². The lowest BCUT2D eigenvalue weighted by molar-refractivity contribution is 0.0922. The Balaban J connectivity index is 2.21. The molecule has 0 radical (unpaired) electrons. The largest absolute Gasteiger partial charge is 0.396 e. The van der Waals surface area contributed by atoms with Gasteiger partial charge in [-0.3, -0.25) is 0 Å². The van der Waals surface area contributed by atoms with Crippen LogP contribution in [-0.2, 0) is 4.74 Å². The molecule has 6 heteroatoms. The zero-order valence-electron chi connectivity index (χ0n) is 8.95. The predicted molar refractivity (Wildman–Crippen MR) is 67.4 cm³/mol. The highest BCUT2D eigenvalue weighted by atomic mass is 79.9. The normalized spacial score (nSPS) is 10.4. The third-order valence-electron chi connectivity index (χ3n) is 1.88. The number of aromatic nitrogens is 1. The summed E-state index contributed by atoms with van der Waals surface area (Å²) in [5, 5.41) is 11.6. The minimum absolute atomic E-state index is 0.0641. The number of halogens is 1. The number of aliphatic hydroxyl groups is 1. The van der Waals surface area contributed by atoms with Crippen LogP contribution in [0.15, 0.2) is 16.7 Å². The Morgan fingerprint density at radius 3 is 3.00 bits per heavy atom. The average Bonchev–Trinajstić information content (AvgIpc) is 2.26. The van der Waals surface area contributed by atoms with Gasteiger partial charge in [0.2, 0.25) is 0 Å². The van der Waals surface area contributed by atoms with E-state index in [1.807, 2.05) is 0 Å². The second kappa shape index (κ2) is 7.43. The van der Waals surface area contributed by atoms with Gasteiger partial charge >= 0.3 is 0 Å². The van der Waals surface area contributed by atoms with Crippen molar-refractivity contribution in [3.05, 3.63) is 16.7 Å². The monoisotopic (exact) mass is 289 g/mol. The summed E-state index contributed by atoms with van der Waals surface area (Å²) in [6.07, 6.45) is 2.54. The highest BCUT2D eigenvalue weighted by molar-refractivity contribution is 9.10. The number of rotatable bonds is 7. The van der Waals surface area contributed by atoms with Gasteiger partial charge in [-0.05, 0) is 28.4 Å². The molecule has 5 nitrogen and oxygen atoms in total. The number of nitrogens with two attached hydrogens (primary N) is 1. The van der Waals surface area contributed by atoms with Crippen molar-refractivity contribution in [1.29, 1.82) is 0 Å². The Morgan fingerprint density at radius 2 is 2.31 bits per heavy atom. The molecule has 0 amide bonds. The molecular weight excluding hydrogens is 274 g/mol. The van der Waals surface area contributed by atoms with Crippen LogP contribution >= 0.6 is 15.9 Å². The first-order valence-electron chi connectivity index (χ1n) is 5.07. The first-order chi connectivity index (χ1) is 7.74. The van der Waals surface area contributed by atoms with Gasteiger partial charge in [0.05, 0.1) is 18.9 Å². The Morgan fingerprint density at radius 1 is 1.50 bits per heavy atom. The molecule has 4 N–H and O–H groups in total. The highest BCUT2D eigenvalue weighted by Gasteiger charge is 2.00. The summed E-state index contributed by atoms with van der Waals surface area (Å²) in [6.45, 7) is 1.81. The average molecular weight is 290 g/mol. The van der Waals surface area contributed by atoms with E-state index in [0.29, 0.717) is 24.7 Å². The number of nitrogen functional groups attached to an aromatic ring is 1. The zero-order valence-corrected chi connectivity index (χ0v) is 10.5. The smallest absolute Gasteiger partial charge is 0.149 e. The fourth-order valence-electron chi connectivity index (χ4n) is 1.15. The quantitative estimate of drug-likeness (QED) is 0.658. The minimum atomic E-state index is 0.0641. The van der Waals surface area contributed by atoms with E-state index in [1.165, 1.54) is 0 Å². The number of ether oxygens (including phenoxy) is 1. The van der Waals surface area contributed by atoms with Crippen LogP contribution in [-0.4, -0.2) is 36.5 Å². The van der Waals surface area contributed by atoms with Crippen LogP contribution in [0.2, 0.25) is 0 Å². The molecule has 0 atom stereocenters. The van der Waals surface area contributed by atoms with Gasteiger partial charge in [-0.25, -0.2) is 4.98 Å². The minimum Gasteiger partial charge on any atom is -0.396 e. The summed E-state index contributed by atoms with van der Waals surface area (Å²) in [6, 6.07) is 1.80. The molecule has 0 aliphatic carbocycles. The Bertz CT molecular complexity index is 323. The van der Waals surface area contributed by atoms with Gasteiger partial charge < -0.3 is 20.9 Å². The van der Waals surface area contributed by atoms with Crippen LogP contribution in [0.5, 0.6) is 0 Å². The summed E-state index contributed by atoms with van der Waals surface area (Å²) in [4.78, 5) is 4.15. The molecule has 16 heavy (non-hydrogen) atoms. The Hall–Kier alpha value is -0.850. The van der Waals surface area contributed by atoms with Crippen LogP contribution in [0.1, 0.15) is 6.42 Å². The fraction of sp³-hybridized carbons (Fsp3) is 0.500. The molecule has 0 unspecified atom stereocenters. The van der Waals surface area contributed by atoms with Gasteiger partial charge in [0, 0.05) is 23.8 Å². The van der Waals surface area contributed by atoms with Crippen LogP contribution in [0, 0.1) is 0 Å². The molecule has 0 aliphatic heterocycles. The van der Waals surface area contributed by atoms with Crippen molar-refractivity contribution < 1.29 is 9.84 Å². The number of hydrogen-bond donors (Lipinski definition) is 3. The Labute approximate surface area is 103 Å². The van der Waals surface area contributed by atoms with Crippen molar-refractivity contribution in [1.82, 2.24) is 4.98 Å². The maximum atomic E-state index is 8.49. The number of hydrogen-bond acceptors (Lipinski definition) is 5. The van der Waals surface area contributed by atoms with E-state index in [2.05, 4.69) is 26.2 Å². The molecular formula is C10H16BrN3O2. The molecule has 1 rings (SSSR count). The van der Waals surface area contributed by atoms with Gasteiger partial charge in [-0.15, -0.1) is 0 Å². The van der Waals surface area contributed by atoms with E-state index in [1.54, 1.807) is 12.3 Å². The number of nitrogens with one attached hydrogen (secondary N) is 1. The van der Waals surface area contributed by atoms with Crippen molar-refractivity contribution in [2.24, 2.45) is 0 Å². The summed E-state index contributed by atoms with van der Waals surface area (Å²) in [5.41, 5.74) is 6.38. The molecule has 0 saturated carbocycles. The first-order valence-corrected chi connectivity index (χ1v) is 5.87. The molecule has 0 saturated heterocycles. The molecule has 0 fully saturated rings. The third-order valence-corrected chi connectivity index (χ3v) is 2.31. The number of nitrogens with zero attached hydrogens (tertiary/aromatic N) is 1. The first kappa shape index (κ1) is 13.2. The van der Waals surface area contributed by atoms with Gasteiger partial charge in [0.25, 0.3) is 0 Å². The standard InChI is InChI=1S/C10H16BrN3O2/c11-8-6-9(12)10(14-7-8)13-2-1-4-16-5-3-15/h6-7,15H,1-5,12H2,(H,13,14). The van der Waals surface area contributed by atoms with Gasteiger partial charge in [-0.1, -0.05) is 0 Å². The van der Waals surface area contributed by atoms with Crippen LogP contribution in [0.3, 0.4) is 0 Å². The molecule has 0 bridgehead atoms. The number of pyridine rings is 1. The van der Waals surface area contributed by atoms with Gasteiger partial charge in [0.1, 0.15) is 5.82 Å². The maximum Gasteiger partial charge on any atom is 0.149 e. The van der Waals surface area contributed by atoms with E-state index < -0.39 is 0 Å². The number of aliphatic hydroxyl groups excluding tert-OH is 1. The lowest BCUT2D eigenvalue weighted by Crippen LogP contribution is -2.09. The summed E-state index contributed by atoms with van der Waals surface area (Å²) in [7, 11) is 0. The lowest BCUT2D eigenvalue weighted by Gasteiger charge is -2.08. The van der Waals surface area contributed by atoms with Gasteiger partial charge in [-0.2, -0.15) is 0 Å². The van der Waals surface area contributed by atoms with Crippen molar-refractivity contribution >= 4 is 27.4 Å². The lowest BCUT2D eigenvalue weighted by atomic mass is 10.4. The highest BCUT2D eigenvalue weighted by Crippen LogP contribution is 2.19. The van der Waals surface area contributed by atoms with E-state index in [-0.39, 0.29) is 6.61 Å². The maximum absolute atomic E-state index is 8.49. The van der Waals surface area contributed by atoms with Gasteiger partial charge in [0.15, 0.2) is 0 Å². The van der Waals surface area contributed by atoms with Crippen LogP contribution < -0.4 is 11.1 Å². The molecule has 0 spiro atoms.